The Morgan fingerprint density at radius 1 is 1.00 bits per heavy atom. The highest BCUT2D eigenvalue weighted by molar-refractivity contribution is 6.71. The van der Waals surface area contributed by atoms with Gasteiger partial charge in [-0.2, -0.15) is 0 Å². The van der Waals surface area contributed by atoms with Crippen LogP contribution in [0.25, 0.3) is 6.08 Å². The molecule has 0 aliphatic rings. The second-order valence-electron chi connectivity index (χ2n) is 9.57. The summed E-state index contributed by atoms with van der Waals surface area (Å²) >= 11 is 0. The van der Waals surface area contributed by atoms with Gasteiger partial charge in [0, 0.05) is 22.0 Å². The zero-order valence-electron chi connectivity index (χ0n) is 21.3. The Hall–Kier alpha value is -1.60. The van der Waals surface area contributed by atoms with Crippen molar-refractivity contribution in [3.8, 4) is 17.2 Å². The summed E-state index contributed by atoms with van der Waals surface area (Å²) in [6, 6.07) is 2.75. The van der Waals surface area contributed by atoms with E-state index in [1.165, 1.54) is 7.11 Å². The monoisotopic (exact) mass is 500 g/mol. The molecule has 0 aliphatic heterocycles. The first-order valence-corrected chi connectivity index (χ1v) is 20.1. The van der Waals surface area contributed by atoms with Gasteiger partial charge in [-0.1, -0.05) is 12.6 Å². The molecule has 0 atom stereocenters. The van der Waals surface area contributed by atoms with Crippen LogP contribution >= 0.6 is 0 Å². The minimum Gasteiger partial charge on any atom is -0.493 e. The summed E-state index contributed by atoms with van der Waals surface area (Å²) in [5.41, 5.74) is 1.26. The van der Waals surface area contributed by atoms with Crippen LogP contribution < -0.4 is 14.2 Å². The Morgan fingerprint density at radius 2 is 1.53 bits per heavy atom. The third-order valence-electron chi connectivity index (χ3n) is 4.45. The van der Waals surface area contributed by atoms with Crippen molar-refractivity contribution in [1.82, 2.24) is 0 Å². The normalized spacial score (nSPS) is 13.2. The van der Waals surface area contributed by atoms with Crippen LogP contribution in [0.5, 0.6) is 17.2 Å². The molecule has 1 N–H and O–H groups in total. The van der Waals surface area contributed by atoms with Crippen LogP contribution in [0.4, 0.5) is 0 Å². The average molecular weight is 501 g/mol. The van der Waals surface area contributed by atoms with E-state index in [-0.39, 0.29) is 9.52 Å². The van der Waals surface area contributed by atoms with E-state index in [0.29, 0.717) is 34.8 Å². The molecule has 0 aliphatic carbocycles. The summed E-state index contributed by atoms with van der Waals surface area (Å²) in [4.78, 5) is 11.4. The smallest absolute Gasteiger partial charge is 0.328 e. The summed E-state index contributed by atoms with van der Waals surface area (Å²) in [6.07, 6.45) is 3.30. The summed E-state index contributed by atoms with van der Waals surface area (Å²) < 4.78 is 30.8. The molecule has 0 amide bonds. The summed E-state index contributed by atoms with van der Waals surface area (Å²) in [7, 11) is 0.0875. The Labute approximate surface area is 197 Å². The van der Waals surface area contributed by atoms with Crippen molar-refractivity contribution in [3.63, 3.8) is 0 Å². The van der Waals surface area contributed by atoms with E-state index in [1.54, 1.807) is 26.4 Å². The third-order valence-corrected chi connectivity index (χ3v) is 7.39. The second-order valence-corrected chi connectivity index (χ2v) is 20.1. The van der Waals surface area contributed by atoms with Crippen molar-refractivity contribution in [2.45, 2.75) is 64.1 Å². The van der Waals surface area contributed by atoms with Crippen molar-refractivity contribution in [2.24, 2.45) is 0 Å². The average Bonchev–Trinajstić information content (AvgIpc) is 2.66. The quantitative estimate of drug-likeness (QED) is 0.239. The van der Waals surface area contributed by atoms with Gasteiger partial charge in [0.05, 0.1) is 26.9 Å². The zero-order valence-corrected chi connectivity index (χ0v) is 24.7. The van der Waals surface area contributed by atoms with Crippen LogP contribution in [0.2, 0.25) is 51.9 Å². The van der Waals surface area contributed by atoms with Gasteiger partial charge in [-0.3, -0.25) is 0 Å². The van der Waals surface area contributed by atoms with E-state index in [1.807, 2.05) is 0 Å². The van der Waals surface area contributed by atoms with Crippen LogP contribution in [-0.2, 0) is 19.4 Å². The van der Waals surface area contributed by atoms with Gasteiger partial charge in [-0.25, -0.2) is 4.79 Å². The molecule has 7 nitrogen and oxygen atoms in total. The van der Waals surface area contributed by atoms with Gasteiger partial charge in [0.1, 0.15) is 0 Å². The highest BCUT2D eigenvalue weighted by Crippen LogP contribution is 2.51. The Morgan fingerprint density at radius 3 is 1.91 bits per heavy atom. The summed E-state index contributed by atoms with van der Waals surface area (Å²) in [5, 5.41) is 9.32. The predicted octanol–water partition coefficient (Wildman–Crippen LogP) is 4.69. The second kappa shape index (κ2) is 11.5. The Balaban J connectivity index is 4.16. The van der Waals surface area contributed by atoms with Gasteiger partial charge in [-0.05, 0) is 57.0 Å². The standard InChI is InChI=1S/C22H40O7Si3/c1-25-17-15-16(11-12-18(23)24)19(21(27-3)20(17)26-2)22(13-14-30-4,28-31(5,6)7)29-32(8,9)10/h11-12,15H,13-14,30H2,1-10H3,(H,23,24). The van der Waals surface area contributed by atoms with Crippen LogP contribution in [0.3, 0.4) is 0 Å². The molecular formula is C22H40O7Si3. The van der Waals surface area contributed by atoms with Crippen LogP contribution in [0.1, 0.15) is 17.5 Å². The number of carboxylic acid groups (broad SMARTS) is 1. The first kappa shape index (κ1) is 28.4. The van der Waals surface area contributed by atoms with Gasteiger partial charge >= 0.3 is 5.97 Å². The van der Waals surface area contributed by atoms with E-state index >= 15 is 0 Å². The molecule has 0 saturated heterocycles. The molecule has 0 fully saturated rings. The molecule has 0 bridgehead atoms. The lowest BCUT2D eigenvalue weighted by Gasteiger charge is -2.44. The molecule has 0 aromatic heterocycles. The molecule has 0 unspecified atom stereocenters. The number of hydrogen-bond acceptors (Lipinski definition) is 6. The van der Waals surface area contributed by atoms with Gasteiger partial charge in [0.25, 0.3) is 0 Å². The molecule has 10 heteroatoms. The summed E-state index contributed by atoms with van der Waals surface area (Å²) in [6.45, 7) is 15.0. The van der Waals surface area contributed by atoms with Gasteiger partial charge < -0.3 is 28.2 Å². The van der Waals surface area contributed by atoms with Gasteiger partial charge in [0.15, 0.2) is 33.9 Å². The number of rotatable bonds is 13. The summed E-state index contributed by atoms with van der Waals surface area (Å²) in [5.74, 6) is -0.826. The van der Waals surface area contributed by atoms with Crippen molar-refractivity contribution in [2.75, 3.05) is 21.3 Å². The number of methoxy groups -OCH3 is 3. The maximum Gasteiger partial charge on any atom is 0.328 e. The highest BCUT2D eigenvalue weighted by atomic mass is 28.4. The Kier molecular flexibility index (Phi) is 10.2. The number of hydrogen-bond donors (Lipinski definition) is 1. The molecule has 0 radical (unpaired) electrons. The van der Waals surface area contributed by atoms with Crippen LogP contribution in [0.15, 0.2) is 12.1 Å². The topological polar surface area (TPSA) is 83.5 Å². The molecular weight excluding hydrogens is 460 g/mol. The molecule has 0 heterocycles. The molecule has 0 saturated carbocycles. The van der Waals surface area contributed by atoms with E-state index in [4.69, 9.17) is 23.1 Å². The maximum absolute atomic E-state index is 11.4. The predicted molar refractivity (Wildman–Crippen MR) is 137 cm³/mol. The molecule has 0 spiro atoms. The highest BCUT2D eigenvalue weighted by Gasteiger charge is 2.46. The lowest BCUT2D eigenvalue weighted by molar-refractivity contribution is -0.139. The van der Waals surface area contributed by atoms with Crippen molar-refractivity contribution in [1.29, 1.82) is 0 Å². The largest absolute Gasteiger partial charge is 0.493 e. The molecule has 1 aromatic rings. The molecule has 182 valence electrons. The molecule has 32 heavy (non-hydrogen) atoms. The molecule has 1 aromatic carbocycles. The maximum atomic E-state index is 11.4. The number of carbonyl (C=O) groups is 1. The Bertz CT molecular complexity index is 795. The van der Waals surface area contributed by atoms with E-state index in [0.717, 1.165) is 12.1 Å². The van der Waals surface area contributed by atoms with E-state index in [2.05, 4.69) is 45.8 Å². The minimum atomic E-state index is -2.13. The van der Waals surface area contributed by atoms with Gasteiger partial charge in [-0.15, -0.1) is 0 Å². The SMILES string of the molecule is COc1cc(C=CC(=O)O)c(C(CC[SiH2]C)(O[Si](C)(C)C)O[Si](C)(C)C)c(OC)c1OC. The van der Waals surface area contributed by atoms with Crippen LogP contribution in [0, 0.1) is 0 Å². The van der Waals surface area contributed by atoms with Gasteiger partial charge in [0.2, 0.25) is 5.75 Å². The lowest BCUT2D eigenvalue weighted by Crippen LogP contribution is -2.49. The van der Waals surface area contributed by atoms with Crippen molar-refractivity contribution < 1.29 is 33.0 Å². The lowest BCUT2D eigenvalue weighted by atomic mass is 9.94. The van der Waals surface area contributed by atoms with Crippen molar-refractivity contribution in [3.05, 3.63) is 23.3 Å². The zero-order chi connectivity index (χ0) is 24.7. The van der Waals surface area contributed by atoms with E-state index in [9.17, 15) is 9.90 Å². The molecule has 1 rings (SSSR count). The third kappa shape index (κ3) is 7.77. The number of benzene rings is 1. The first-order valence-electron chi connectivity index (χ1n) is 10.9. The first-order chi connectivity index (χ1) is 14.7. The van der Waals surface area contributed by atoms with Crippen molar-refractivity contribution >= 4 is 38.2 Å². The minimum absolute atomic E-state index is 0.297. The fraction of sp³-hybridized carbons (Fsp3) is 0.591. The number of carboxylic acids is 1. The number of aliphatic carboxylic acids is 1. The van der Waals surface area contributed by atoms with Crippen LogP contribution in [-0.4, -0.2) is 58.6 Å². The van der Waals surface area contributed by atoms with E-state index < -0.39 is 28.4 Å². The fourth-order valence-electron chi connectivity index (χ4n) is 3.61. The fourth-order valence-corrected chi connectivity index (χ4v) is 6.98. The number of ether oxygens (including phenoxy) is 3.